The molecule has 0 aliphatic carbocycles. The van der Waals surface area contributed by atoms with Gasteiger partial charge in [-0.3, -0.25) is 9.41 Å². The molecule has 0 aromatic heterocycles. The van der Waals surface area contributed by atoms with Crippen molar-refractivity contribution in [2.45, 2.75) is 26.1 Å². The van der Waals surface area contributed by atoms with Gasteiger partial charge in [0, 0.05) is 6.42 Å². The maximum Gasteiger partial charge on any atom is 0.280 e. The van der Waals surface area contributed by atoms with Gasteiger partial charge in [0.15, 0.2) is 5.75 Å². The number of halogens is 3. The summed E-state index contributed by atoms with van der Waals surface area (Å²) < 4.78 is 13.9. The van der Waals surface area contributed by atoms with Gasteiger partial charge in [-0.1, -0.05) is 18.6 Å². The van der Waals surface area contributed by atoms with E-state index in [1.807, 2.05) is 13.0 Å². The average molecular weight is 222 g/mol. The zero-order valence-electron chi connectivity index (χ0n) is 8.45. The minimum Gasteiger partial charge on any atom is -0.333 e. The molecule has 2 rings (SSSR count). The average Bonchev–Trinajstić information content (AvgIpc) is 2.45. The molecule has 15 heavy (non-hydrogen) atoms. The van der Waals surface area contributed by atoms with Gasteiger partial charge in [0.25, 0.3) is 5.85 Å². The number of hydrogen-bond acceptors (Lipinski definition) is 2. The van der Waals surface area contributed by atoms with Crippen molar-refractivity contribution in [2.24, 2.45) is 0 Å². The van der Waals surface area contributed by atoms with E-state index in [4.69, 9.17) is 4.89 Å². The van der Waals surface area contributed by atoms with E-state index in [9.17, 15) is 4.39 Å². The Balaban J connectivity index is 0.000000980. The van der Waals surface area contributed by atoms with E-state index < -0.39 is 5.85 Å². The molecule has 5 heteroatoms. The van der Waals surface area contributed by atoms with E-state index in [1.54, 1.807) is 19.1 Å². The highest BCUT2D eigenvalue weighted by Crippen LogP contribution is 2.43. The minimum absolute atomic E-state index is 0. The summed E-state index contributed by atoms with van der Waals surface area (Å²) in [7, 11) is 0. The van der Waals surface area contributed by atoms with E-state index in [0.717, 1.165) is 5.56 Å². The predicted molar refractivity (Wildman–Crippen MR) is 51.0 cm³/mol. The Morgan fingerprint density at radius 3 is 2.60 bits per heavy atom. The van der Waals surface area contributed by atoms with Gasteiger partial charge in [-0.25, -0.2) is 4.39 Å². The Hall–Kier alpha value is -1.23. The van der Waals surface area contributed by atoms with Crippen LogP contribution in [0.4, 0.5) is 13.8 Å². The molecular weight excluding hydrogens is 209 g/mol. The Labute approximate surface area is 85.7 Å². The lowest BCUT2D eigenvalue weighted by molar-refractivity contribution is -0.322. The van der Waals surface area contributed by atoms with E-state index in [2.05, 4.69) is 4.89 Å². The zero-order valence-corrected chi connectivity index (χ0v) is 8.45. The van der Waals surface area contributed by atoms with E-state index in [1.165, 1.54) is 0 Å². The summed E-state index contributed by atoms with van der Waals surface area (Å²) in [6.45, 7) is 3.63. The monoisotopic (exact) mass is 222 g/mol. The second kappa shape index (κ2) is 4.53. The van der Waals surface area contributed by atoms with Crippen LogP contribution in [0.2, 0.25) is 0 Å². The first-order valence-electron chi connectivity index (χ1n) is 4.31. The van der Waals surface area contributed by atoms with Gasteiger partial charge in [0.05, 0.1) is 5.56 Å². The van der Waals surface area contributed by atoms with Crippen LogP contribution in [0.3, 0.4) is 0 Å². The summed E-state index contributed by atoms with van der Waals surface area (Å²) in [4.78, 5) is 9.43. The maximum absolute atomic E-state index is 13.9. The van der Waals surface area contributed by atoms with Gasteiger partial charge in [0.1, 0.15) is 0 Å². The lowest BCUT2D eigenvalue weighted by atomic mass is 10.0. The molecular formula is C10H13F3O2. The molecule has 0 amide bonds. The number of rotatable bonds is 1. The first-order valence-corrected chi connectivity index (χ1v) is 4.31. The molecule has 86 valence electrons. The summed E-state index contributed by atoms with van der Waals surface area (Å²) in [6.07, 6.45) is 0.253. The van der Waals surface area contributed by atoms with E-state index in [0.29, 0.717) is 11.3 Å². The highest BCUT2D eigenvalue weighted by Gasteiger charge is 2.42. The molecule has 1 aromatic rings. The molecule has 0 bridgehead atoms. The van der Waals surface area contributed by atoms with Gasteiger partial charge in [-0.15, -0.1) is 4.89 Å². The Morgan fingerprint density at radius 1 is 1.33 bits per heavy atom. The molecule has 0 saturated heterocycles. The number of benzene rings is 1. The lowest BCUT2D eigenvalue weighted by Gasteiger charge is -2.13. The molecule has 1 aliphatic heterocycles. The van der Waals surface area contributed by atoms with Crippen LogP contribution in [-0.2, 0) is 10.7 Å². The first kappa shape index (κ1) is 13.8. The largest absolute Gasteiger partial charge is 0.333 e. The minimum atomic E-state index is -1.76. The molecule has 0 spiro atoms. The van der Waals surface area contributed by atoms with Crippen molar-refractivity contribution >= 4 is 0 Å². The second-order valence-corrected chi connectivity index (χ2v) is 3.25. The van der Waals surface area contributed by atoms with Crippen molar-refractivity contribution in [2.75, 3.05) is 0 Å². The molecule has 0 fully saturated rings. The van der Waals surface area contributed by atoms with Gasteiger partial charge in [-0.2, -0.15) is 0 Å². The third kappa shape index (κ3) is 2.07. The molecule has 1 aliphatic rings. The molecule has 1 unspecified atom stereocenters. The second-order valence-electron chi connectivity index (χ2n) is 3.25. The lowest BCUT2D eigenvalue weighted by Crippen LogP contribution is -2.17. The van der Waals surface area contributed by atoms with Crippen molar-refractivity contribution in [1.82, 2.24) is 0 Å². The number of aryl methyl sites for hydroxylation is 1. The fraction of sp³-hybridized carbons (Fsp3) is 0.400. The van der Waals surface area contributed by atoms with Crippen LogP contribution in [0.25, 0.3) is 0 Å². The number of hydrogen-bond donors (Lipinski definition) is 0. The van der Waals surface area contributed by atoms with Crippen LogP contribution in [0.1, 0.15) is 24.5 Å². The van der Waals surface area contributed by atoms with Crippen LogP contribution in [0.15, 0.2) is 18.2 Å². The summed E-state index contributed by atoms with van der Waals surface area (Å²) in [5.74, 6) is -1.28. The Bertz CT molecular complexity index is 343. The molecule has 0 saturated carbocycles. The molecule has 1 aromatic carbocycles. The topological polar surface area (TPSA) is 18.5 Å². The standard InChI is InChI=1S/C10H11FO2.2FH/c1-3-10(11)8-6-7(2)4-5-9(8)12-13-10;;/h4-6H,3H2,1-2H3;2*1H. The highest BCUT2D eigenvalue weighted by molar-refractivity contribution is 5.41. The fourth-order valence-corrected chi connectivity index (χ4v) is 1.41. The quantitative estimate of drug-likeness (QED) is 0.679. The number of fused-ring (bicyclic) bond motifs is 1. The summed E-state index contributed by atoms with van der Waals surface area (Å²) >= 11 is 0. The highest BCUT2D eigenvalue weighted by atomic mass is 19.2. The smallest absolute Gasteiger partial charge is 0.280 e. The Morgan fingerprint density at radius 2 is 2.00 bits per heavy atom. The van der Waals surface area contributed by atoms with E-state index >= 15 is 0 Å². The third-order valence-corrected chi connectivity index (χ3v) is 2.26. The van der Waals surface area contributed by atoms with Crippen molar-refractivity contribution < 1.29 is 23.6 Å². The van der Waals surface area contributed by atoms with Crippen LogP contribution in [-0.4, -0.2) is 0 Å². The van der Waals surface area contributed by atoms with E-state index in [-0.39, 0.29) is 15.8 Å². The van der Waals surface area contributed by atoms with Gasteiger partial charge in [-0.05, 0) is 19.1 Å². The van der Waals surface area contributed by atoms with Crippen LogP contribution >= 0.6 is 0 Å². The van der Waals surface area contributed by atoms with Crippen molar-refractivity contribution in [3.05, 3.63) is 29.3 Å². The van der Waals surface area contributed by atoms with Gasteiger partial charge in [0.2, 0.25) is 0 Å². The Kier molecular flexibility index (Phi) is 4.16. The van der Waals surface area contributed by atoms with Crippen molar-refractivity contribution in [3.8, 4) is 5.75 Å². The number of alkyl halides is 1. The van der Waals surface area contributed by atoms with Crippen LogP contribution < -0.4 is 4.89 Å². The summed E-state index contributed by atoms with van der Waals surface area (Å²) in [5.41, 5.74) is 1.50. The maximum atomic E-state index is 13.9. The normalized spacial score (nSPS) is 22.1. The molecule has 0 N–H and O–H groups in total. The van der Waals surface area contributed by atoms with Crippen molar-refractivity contribution in [1.29, 1.82) is 0 Å². The summed E-state index contributed by atoms with van der Waals surface area (Å²) in [5, 5.41) is 0. The predicted octanol–water partition coefficient (Wildman–Crippen LogP) is 3.16. The van der Waals surface area contributed by atoms with Crippen LogP contribution in [0.5, 0.6) is 5.75 Å². The van der Waals surface area contributed by atoms with Crippen LogP contribution in [0, 0.1) is 6.92 Å². The third-order valence-electron chi connectivity index (χ3n) is 2.26. The molecule has 1 atom stereocenters. The summed E-state index contributed by atoms with van der Waals surface area (Å²) in [6, 6.07) is 5.34. The zero-order chi connectivity index (χ0) is 9.47. The first-order chi connectivity index (χ1) is 6.15. The molecule has 1 heterocycles. The fourth-order valence-electron chi connectivity index (χ4n) is 1.41. The van der Waals surface area contributed by atoms with Gasteiger partial charge < -0.3 is 4.89 Å². The van der Waals surface area contributed by atoms with Gasteiger partial charge >= 0.3 is 0 Å². The SMILES string of the molecule is CCC1(F)OOc2ccc(C)cc21.F.F. The molecule has 2 nitrogen and oxygen atoms in total. The van der Waals surface area contributed by atoms with Crippen molar-refractivity contribution in [3.63, 3.8) is 0 Å². The molecule has 0 radical (unpaired) electrons.